The van der Waals surface area contributed by atoms with Gasteiger partial charge in [-0.25, -0.2) is 4.39 Å². The van der Waals surface area contributed by atoms with Gasteiger partial charge in [-0.05, 0) is 54.5 Å². The molecule has 7 heteroatoms. The number of allylic oxidation sites excluding steroid dienone is 1. The zero-order valence-electron chi connectivity index (χ0n) is 23.0. The Morgan fingerprint density at radius 1 is 0.905 bits per heavy atom. The fourth-order valence-electron chi connectivity index (χ4n) is 7.16. The van der Waals surface area contributed by atoms with E-state index in [9.17, 15) is 14.4 Å². The van der Waals surface area contributed by atoms with Crippen LogP contribution in [0, 0.1) is 11.7 Å². The molecule has 0 saturated carbocycles. The summed E-state index contributed by atoms with van der Waals surface area (Å²) in [7, 11) is 1.52. The Morgan fingerprint density at radius 2 is 1.64 bits per heavy atom. The third-order valence-corrected chi connectivity index (χ3v) is 8.93. The number of ketones is 2. The zero-order chi connectivity index (χ0) is 29.2. The quantitative estimate of drug-likeness (QED) is 0.301. The lowest BCUT2D eigenvalue weighted by Crippen LogP contribution is -2.51. The molecule has 1 fully saturated rings. The minimum Gasteiger partial charge on any atom is -0.497 e. The fraction of sp³-hybridized carbons (Fsp3) is 0.171. The van der Waals surface area contributed by atoms with Crippen molar-refractivity contribution < 1.29 is 23.5 Å². The van der Waals surface area contributed by atoms with E-state index in [-0.39, 0.29) is 11.3 Å². The third kappa shape index (κ3) is 3.46. The first-order chi connectivity index (χ1) is 20.4. The molecule has 3 heterocycles. The first kappa shape index (κ1) is 25.9. The van der Waals surface area contributed by atoms with Crippen LogP contribution in [0.1, 0.15) is 38.8 Å². The van der Waals surface area contributed by atoms with Gasteiger partial charge >= 0.3 is 0 Å². The number of fused-ring (bicyclic) bond motifs is 6. The van der Waals surface area contributed by atoms with E-state index in [4.69, 9.17) is 4.74 Å². The maximum Gasteiger partial charge on any atom is 0.238 e. The summed E-state index contributed by atoms with van der Waals surface area (Å²) >= 11 is 0. The van der Waals surface area contributed by atoms with Gasteiger partial charge in [-0.2, -0.15) is 0 Å². The second-order valence-corrected chi connectivity index (χ2v) is 11.0. The van der Waals surface area contributed by atoms with Gasteiger partial charge in [0.15, 0.2) is 11.6 Å². The molecule has 0 unspecified atom stereocenters. The standard InChI is InChI=1S/C35H27FN2O4/c1-20-18-29-35(25-14-5-7-16-27(25)37-34(35)41)30(33(40)24-13-3-6-15-26(24)36)31(38(29)28-17-8-4-12-23(20)28)32(39)21-10-9-11-22(19-21)42-2/h3-19,29-31H,1-2H3,(H,37,41)/t29-,30-,31+,35-/m0/s1. The maximum atomic E-state index is 15.3. The highest BCUT2D eigenvalue weighted by Crippen LogP contribution is 2.59. The van der Waals surface area contributed by atoms with Crippen molar-refractivity contribution in [3.63, 3.8) is 0 Å². The number of para-hydroxylation sites is 2. The van der Waals surface area contributed by atoms with Crippen molar-refractivity contribution in [2.75, 3.05) is 17.3 Å². The van der Waals surface area contributed by atoms with E-state index < -0.39 is 40.9 Å². The largest absolute Gasteiger partial charge is 0.497 e. The Balaban J connectivity index is 1.56. The number of anilines is 2. The number of ether oxygens (including phenoxy) is 1. The number of hydrogen-bond donors (Lipinski definition) is 1. The monoisotopic (exact) mass is 558 g/mol. The normalized spacial score (nSPS) is 23.5. The minimum absolute atomic E-state index is 0.156. The molecule has 1 N–H and O–H groups in total. The second kappa shape index (κ2) is 9.52. The van der Waals surface area contributed by atoms with Crippen molar-refractivity contribution in [1.29, 1.82) is 0 Å². The van der Waals surface area contributed by atoms with Gasteiger partial charge in [0.05, 0.1) is 24.6 Å². The van der Waals surface area contributed by atoms with Crippen LogP contribution in [-0.4, -0.2) is 36.7 Å². The van der Waals surface area contributed by atoms with Gasteiger partial charge in [0, 0.05) is 22.5 Å². The van der Waals surface area contributed by atoms with Gasteiger partial charge in [0.2, 0.25) is 5.91 Å². The van der Waals surface area contributed by atoms with E-state index in [0.29, 0.717) is 22.6 Å². The lowest BCUT2D eigenvalue weighted by atomic mass is 9.64. The summed E-state index contributed by atoms with van der Waals surface area (Å²) in [5.41, 5.74) is 2.42. The van der Waals surface area contributed by atoms with Crippen LogP contribution in [0.4, 0.5) is 15.8 Å². The van der Waals surface area contributed by atoms with Crippen LogP contribution >= 0.6 is 0 Å². The van der Waals surface area contributed by atoms with E-state index in [1.807, 2.05) is 60.4 Å². The SMILES string of the molecule is COc1cccc(C(=O)[C@H]2[C@@H](C(=O)c3ccccc3F)[C@@]3(C(=O)Nc4ccccc43)[C@@H]3C=C(C)c4ccccc4N32)c1. The number of nitrogens with one attached hydrogen (secondary N) is 1. The van der Waals surface area contributed by atoms with E-state index >= 15 is 4.39 Å². The third-order valence-electron chi connectivity index (χ3n) is 8.93. The average molecular weight is 559 g/mol. The smallest absolute Gasteiger partial charge is 0.238 e. The molecule has 6 nitrogen and oxygen atoms in total. The number of methoxy groups -OCH3 is 1. The second-order valence-electron chi connectivity index (χ2n) is 11.0. The number of nitrogens with zero attached hydrogens (tertiary/aromatic N) is 1. The summed E-state index contributed by atoms with van der Waals surface area (Å²) in [4.78, 5) is 45.8. The van der Waals surface area contributed by atoms with Gasteiger partial charge in [0.25, 0.3) is 0 Å². The molecule has 0 aliphatic carbocycles. The number of benzene rings is 4. The van der Waals surface area contributed by atoms with Gasteiger partial charge in [-0.1, -0.05) is 66.7 Å². The Bertz CT molecular complexity index is 1830. The van der Waals surface area contributed by atoms with E-state index in [0.717, 1.165) is 16.8 Å². The van der Waals surface area contributed by atoms with Crippen molar-refractivity contribution in [1.82, 2.24) is 0 Å². The van der Waals surface area contributed by atoms with Crippen molar-refractivity contribution in [3.05, 3.63) is 131 Å². The molecular formula is C35H27FN2O4. The Kier molecular flexibility index (Phi) is 5.87. The summed E-state index contributed by atoms with van der Waals surface area (Å²) in [6.45, 7) is 1.97. The molecule has 4 aromatic rings. The highest BCUT2D eigenvalue weighted by atomic mass is 19.1. The Hall–Kier alpha value is -5.04. The molecule has 1 saturated heterocycles. The molecule has 0 bridgehead atoms. The predicted molar refractivity (Wildman–Crippen MR) is 158 cm³/mol. The van der Waals surface area contributed by atoms with Gasteiger partial charge in [-0.15, -0.1) is 0 Å². The highest BCUT2D eigenvalue weighted by molar-refractivity contribution is 6.18. The van der Waals surface area contributed by atoms with Crippen LogP contribution in [0.15, 0.2) is 103 Å². The number of carbonyl (C=O) groups is 3. The summed E-state index contributed by atoms with van der Waals surface area (Å²) in [5.74, 6) is -2.81. The first-order valence-electron chi connectivity index (χ1n) is 13.8. The Morgan fingerprint density at radius 3 is 2.45 bits per heavy atom. The first-order valence-corrected chi connectivity index (χ1v) is 13.8. The molecule has 0 aromatic heterocycles. The van der Waals surface area contributed by atoms with Gasteiger partial charge in [-0.3, -0.25) is 14.4 Å². The van der Waals surface area contributed by atoms with Crippen LogP contribution in [0.2, 0.25) is 0 Å². The summed E-state index contributed by atoms with van der Waals surface area (Å²) in [6.07, 6.45) is 1.98. The Labute approximate surface area is 242 Å². The zero-order valence-corrected chi connectivity index (χ0v) is 23.0. The number of rotatable bonds is 5. The van der Waals surface area contributed by atoms with Gasteiger partial charge < -0.3 is 15.0 Å². The number of carbonyl (C=O) groups excluding carboxylic acids is 3. The lowest BCUT2D eigenvalue weighted by Gasteiger charge is -2.39. The molecule has 3 aliphatic heterocycles. The number of Topliss-reactive ketones (excluding diaryl/α,β-unsaturated/α-hetero) is 2. The molecule has 4 atom stereocenters. The van der Waals surface area contributed by atoms with Crippen LogP contribution in [0.25, 0.3) is 5.57 Å². The summed E-state index contributed by atoms with van der Waals surface area (Å²) in [5, 5.41) is 3.00. The summed E-state index contributed by atoms with van der Waals surface area (Å²) in [6, 6.07) is 25.6. The van der Waals surface area contributed by atoms with Crippen LogP contribution in [0.3, 0.4) is 0 Å². The number of halogens is 1. The molecule has 0 radical (unpaired) electrons. The lowest BCUT2D eigenvalue weighted by molar-refractivity contribution is -0.121. The van der Waals surface area contributed by atoms with Crippen LogP contribution in [0.5, 0.6) is 5.75 Å². The predicted octanol–water partition coefficient (Wildman–Crippen LogP) is 6.08. The maximum absolute atomic E-state index is 15.3. The molecule has 1 spiro atoms. The average Bonchev–Trinajstić information content (AvgIpc) is 3.49. The molecule has 208 valence electrons. The van der Waals surface area contributed by atoms with Gasteiger partial charge in [0.1, 0.15) is 23.0 Å². The molecular weight excluding hydrogens is 531 g/mol. The minimum atomic E-state index is -1.51. The van der Waals surface area contributed by atoms with Crippen molar-refractivity contribution >= 4 is 34.4 Å². The van der Waals surface area contributed by atoms with Crippen molar-refractivity contribution in [2.45, 2.75) is 24.4 Å². The molecule has 7 rings (SSSR count). The topological polar surface area (TPSA) is 75.7 Å². The highest BCUT2D eigenvalue weighted by Gasteiger charge is 2.70. The van der Waals surface area contributed by atoms with E-state index in [1.54, 1.807) is 36.4 Å². The number of amides is 1. The van der Waals surface area contributed by atoms with Crippen molar-refractivity contribution in [3.8, 4) is 5.75 Å². The molecule has 42 heavy (non-hydrogen) atoms. The summed E-state index contributed by atoms with van der Waals surface area (Å²) < 4.78 is 20.7. The number of hydrogen-bond acceptors (Lipinski definition) is 5. The van der Waals surface area contributed by atoms with Crippen LogP contribution in [-0.2, 0) is 10.2 Å². The molecule has 4 aromatic carbocycles. The molecule has 1 amide bonds. The van der Waals surface area contributed by atoms with Crippen molar-refractivity contribution in [2.24, 2.45) is 5.92 Å². The fourth-order valence-corrected chi connectivity index (χ4v) is 7.16. The van der Waals surface area contributed by atoms with E-state index in [2.05, 4.69) is 5.32 Å². The van der Waals surface area contributed by atoms with E-state index in [1.165, 1.54) is 25.3 Å². The van der Waals surface area contributed by atoms with Crippen LogP contribution < -0.4 is 15.0 Å². The molecule has 3 aliphatic rings.